The van der Waals surface area contributed by atoms with Gasteiger partial charge in [-0.2, -0.15) is 0 Å². The molecule has 0 aliphatic rings. The zero-order chi connectivity index (χ0) is 19.8. The predicted octanol–water partition coefficient (Wildman–Crippen LogP) is 3.44. The van der Waals surface area contributed by atoms with E-state index in [-0.39, 0.29) is 22.8 Å². The Morgan fingerprint density at radius 2 is 1.59 bits per heavy atom. The van der Waals surface area contributed by atoms with Crippen LogP contribution in [0.2, 0.25) is 0 Å². The normalized spacial score (nSPS) is 10.2. The molecule has 142 valence electrons. The SMILES string of the molecule is COC(=O)c1cc(NC(=O)CSCc2cccc(C)c2)cc(C(=O)OC)c1. The first-order chi connectivity index (χ1) is 12.9. The van der Waals surface area contributed by atoms with Crippen LogP contribution in [0, 0.1) is 6.92 Å². The van der Waals surface area contributed by atoms with Crippen molar-refractivity contribution in [3.63, 3.8) is 0 Å². The molecular weight excluding hydrogens is 366 g/mol. The average molecular weight is 387 g/mol. The smallest absolute Gasteiger partial charge is 0.337 e. The van der Waals surface area contributed by atoms with Gasteiger partial charge in [0.1, 0.15) is 0 Å². The summed E-state index contributed by atoms with van der Waals surface area (Å²) in [6.07, 6.45) is 0. The molecule has 0 heterocycles. The summed E-state index contributed by atoms with van der Waals surface area (Å²) in [5, 5.41) is 2.70. The molecule has 7 heteroatoms. The Hall–Kier alpha value is -2.80. The minimum Gasteiger partial charge on any atom is -0.465 e. The van der Waals surface area contributed by atoms with Crippen LogP contribution < -0.4 is 5.32 Å². The lowest BCUT2D eigenvalue weighted by Gasteiger charge is -2.09. The fourth-order valence-corrected chi connectivity index (χ4v) is 3.21. The second-order valence-electron chi connectivity index (χ2n) is 5.81. The topological polar surface area (TPSA) is 81.7 Å². The van der Waals surface area contributed by atoms with Crippen molar-refractivity contribution in [2.24, 2.45) is 0 Å². The van der Waals surface area contributed by atoms with E-state index >= 15 is 0 Å². The van der Waals surface area contributed by atoms with Gasteiger partial charge in [0.25, 0.3) is 0 Å². The first kappa shape index (κ1) is 20.5. The lowest BCUT2D eigenvalue weighted by molar-refractivity contribution is -0.113. The van der Waals surface area contributed by atoms with Crippen molar-refractivity contribution in [3.05, 3.63) is 64.7 Å². The van der Waals surface area contributed by atoms with Crippen molar-refractivity contribution in [1.29, 1.82) is 0 Å². The highest BCUT2D eigenvalue weighted by atomic mass is 32.2. The van der Waals surface area contributed by atoms with Gasteiger partial charge < -0.3 is 14.8 Å². The minimum atomic E-state index is -0.606. The highest BCUT2D eigenvalue weighted by molar-refractivity contribution is 7.99. The third-order valence-corrected chi connectivity index (χ3v) is 4.65. The molecule has 1 amide bonds. The van der Waals surface area contributed by atoms with Crippen LogP contribution >= 0.6 is 11.8 Å². The van der Waals surface area contributed by atoms with Crippen molar-refractivity contribution in [1.82, 2.24) is 0 Å². The van der Waals surface area contributed by atoms with E-state index in [0.717, 1.165) is 5.56 Å². The van der Waals surface area contributed by atoms with Crippen LogP contribution in [0.4, 0.5) is 5.69 Å². The summed E-state index contributed by atoms with van der Waals surface area (Å²) in [5.41, 5.74) is 2.96. The van der Waals surface area contributed by atoms with Gasteiger partial charge in [-0.15, -0.1) is 11.8 Å². The number of benzene rings is 2. The largest absolute Gasteiger partial charge is 0.465 e. The molecule has 2 aromatic rings. The van der Waals surface area contributed by atoms with Gasteiger partial charge >= 0.3 is 11.9 Å². The van der Waals surface area contributed by atoms with E-state index < -0.39 is 11.9 Å². The molecule has 1 N–H and O–H groups in total. The quantitative estimate of drug-likeness (QED) is 0.733. The van der Waals surface area contributed by atoms with Crippen LogP contribution in [0.1, 0.15) is 31.8 Å². The first-order valence-electron chi connectivity index (χ1n) is 8.17. The molecule has 27 heavy (non-hydrogen) atoms. The summed E-state index contributed by atoms with van der Waals surface area (Å²) in [5.74, 6) is -0.491. The number of anilines is 1. The maximum absolute atomic E-state index is 12.2. The van der Waals surface area contributed by atoms with Gasteiger partial charge in [0.05, 0.1) is 31.1 Å². The zero-order valence-corrected chi connectivity index (χ0v) is 16.2. The van der Waals surface area contributed by atoms with Gasteiger partial charge in [0, 0.05) is 11.4 Å². The Bertz CT molecular complexity index is 816. The third kappa shape index (κ3) is 6.14. The molecule has 0 aliphatic carbocycles. The molecule has 0 saturated carbocycles. The van der Waals surface area contributed by atoms with Gasteiger partial charge in [-0.25, -0.2) is 9.59 Å². The van der Waals surface area contributed by atoms with Gasteiger partial charge in [-0.1, -0.05) is 29.8 Å². The number of carbonyl (C=O) groups excluding carboxylic acids is 3. The van der Waals surface area contributed by atoms with Gasteiger partial charge in [0.2, 0.25) is 5.91 Å². The van der Waals surface area contributed by atoms with E-state index in [9.17, 15) is 14.4 Å². The zero-order valence-electron chi connectivity index (χ0n) is 15.4. The molecule has 2 rings (SSSR count). The van der Waals surface area contributed by atoms with E-state index in [0.29, 0.717) is 11.4 Å². The number of ether oxygens (including phenoxy) is 2. The van der Waals surface area contributed by atoms with Crippen molar-refractivity contribution in [2.45, 2.75) is 12.7 Å². The van der Waals surface area contributed by atoms with Crippen LogP contribution in [0.3, 0.4) is 0 Å². The van der Waals surface area contributed by atoms with E-state index in [2.05, 4.69) is 20.9 Å². The number of hydrogen-bond donors (Lipinski definition) is 1. The predicted molar refractivity (Wildman–Crippen MR) is 105 cm³/mol. The molecule has 0 saturated heterocycles. The average Bonchev–Trinajstić information content (AvgIpc) is 2.66. The Morgan fingerprint density at radius 1 is 0.963 bits per heavy atom. The molecule has 0 atom stereocenters. The monoisotopic (exact) mass is 387 g/mol. The highest BCUT2D eigenvalue weighted by Crippen LogP contribution is 2.18. The lowest BCUT2D eigenvalue weighted by Crippen LogP contribution is -2.16. The number of methoxy groups -OCH3 is 2. The minimum absolute atomic E-state index is 0.156. The van der Waals surface area contributed by atoms with Gasteiger partial charge in [-0.05, 0) is 30.7 Å². The van der Waals surface area contributed by atoms with Crippen LogP contribution in [-0.4, -0.2) is 37.8 Å². The number of esters is 2. The summed E-state index contributed by atoms with van der Waals surface area (Å²) in [4.78, 5) is 35.8. The number of nitrogens with one attached hydrogen (secondary N) is 1. The Kier molecular flexibility index (Phi) is 7.43. The fourth-order valence-electron chi connectivity index (χ4n) is 2.43. The number of hydrogen-bond acceptors (Lipinski definition) is 6. The van der Waals surface area contributed by atoms with E-state index in [1.165, 1.54) is 49.7 Å². The summed E-state index contributed by atoms with van der Waals surface area (Å²) >= 11 is 1.48. The third-order valence-electron chi connectivity index (χ3n) is 3.64. The number of rotatable bonds is 7. The molecule has 0 unspecified atom stereocenters. The van der Waals surface area contributed by atoms with Crippen LogP contribution in [0.15, 0.2) is 42.5 Å². The maximum Gasteiger partial charge on any atom is 0.337 e. The summed E-state index contributed by atoms with van der Waals surface area (Å²) < 4.78 is 9.36. The fraction of sp³-hybridized carbons (Fsp3) is 0.250. The number of amides is 1. The summed E-state index contributed by atoms with van der Waals surface area (Å²) in [6.45, 7) is 2.02. The van der Waals surface area contributed by atoms with Crippen molar-refractivity contribution >= 4 is 35.3 Å². The molecule has 0 spiro atoms. The van der Waals surface area contributed by atoms with E-state index in [1.54, 1.807) is 0 Å². The van der Waals surface area contributed by atoms with E-state index in [1.807, 2.05) is 25.1 Å². The standard InChI is InChI=1S/C20H21NO5S/c1-13-5-4-6-14(7-13)11-27-12-18(22)21-17-9-15(19(23)25-2)8-16(10-17)20(24)26-3/h4-10H,11-12H2,1-3H3,(H,21,22). The second kappa shape index (κ2) is 9.78. The van der Waals surface area contributed by atoms with Gasteiger partial charge in [0.15, 0.2) is 0 Å². The van der Waals surface area contributed by atoms with Crippen LogP contribution in [0.25, 0.3) is 0 Å². The van der Waals surface area contributed by atoms with Crippen molar-refractivity contribution < 1.29 is 23.9 Å². The molecule has 0 fully saturated rings. The van der Waals surface area contributed by atoms with Crippen LogP contribution in [-0.2, 0) is 20.0 Å². The Labute approximate surface area is 162 Å². The Morgan fingerprint density at radius 3 is 2.15 bits per heavy atom. The maximum atomic E-state index is 12.2. The van der Waals surface area contributed by atoms with Crippen LogP contribution in [0.5, 0.6) is 0 Å². The highest BCUT2D eigenvalue weighted by Gasteiger charge is 2.15. The molecule has 2 aromatic carbocycles. The molecular formula is C20H21NO5S. The van der Waals surface area contributed by atoms with E-state index in [4.69, 9.17) is 0 Å². The van der Waals surface area contributed by atoms with Gasteiger partial charge in [-0.3, -0.25) is 4.79 Å². The number of carbonyl (C=O) groups is 3. The summed E-state index contributed by atoms with van der Waals surface area (Å²) in [7, 11) is 2.49. The van der Waals surface area contributed by atoms with Crippen molar-refractivity contribution in [2.75, 3.05) is 25.3 Å². The molecule has 0 bridgehead atoms. The molecule has 0 aromatic heterocycles. The molecule has 0 aliphatic heterocycles. The summed E-state index contributed by atoms with van der Waals surface area (Å²) in [6, 6.07) is 12.4. The second-order valence-corrected chi connectivity index (χ2v) is 6.80. The lowest BCUT2D eigenvalue weighted by atomic mass is 10.1. The number of thioether (sulfide) groups is 1. The number of aryl methyl sites for hydroxylation is 1. The van der Waals surface area contributed by atoms with Crippen molar-refractivity contribution in [3.8, 4) is 0 Å². The molecule has 6 nitrogen and oxygen atoms in total. The Balaban J connectivity index is 2.03. The molecule has 0 radical (unpaired) electrons. The first-order valence-corrected chi connectivity index (χ1v) is 9.33.